The molecule has 1 heterocycles. The van der Waals surface area contributed by atoms with Gasteiger partial charge in [0.1, 0.15) is 16.1 Å². The van der Waals surface area contributed by atoms with Gasteiger partial charge in [-0.15, -0.1) is 6.58 Å². The van der Waals surface area contributed by atoms with Crippen molar-refractivity contribution in [1.29, 1.82) is 0 Å². The SMILES string of the molecule is C=C(C)[Si](c1cnc([Si](C)(C)C(C)(C)C)n1-c1ccccc1)(C(C)C)C(C)C. The van der Waals surface area contributed by atoms with Gasteiger partial charge in [-0.1, -0.05) is 85.0 Å². The van der Waals surface area contributed by atoms with E-state index in [9.17, 15) is 0 Å². The van der Waals surface area contributed by atoms with E-state index in [4.69, 9.17) is 4.98 Å². The molecule has 0 fully saturated rings. The minimum absolute atomic E-state index is 0.227. The predicted molar refractivity (Wildman–Crippen MR) is 131 cm³/mol. The van der Waals surface area contributed by atoms with Crippen LogP contribution in [0.5, 0.6) is 0 Å². The Balaban J connectivity index is 2.97. The molecule has 2 rings (SSSR count). The maximum absolute atomic E-state index is 5.16. The molecule has 0 aliphatic heterocycles. The Kier molecular flexibility index (Phi) is 6.37. The first-order chi connectivity index (χ1) is 12.8. The second-order valence-corrected chi connectivity index (χ2v) is 21.1. The maximum atomic E-state index is 5.16. The van der Waals surface area contributed by atoms with Crippen LogP contribution in [0.2, 0.25) is 29.2 Å². The van der Waals surface area contributed by atoms with E-state index in [0.29, 0.717) is 11.1 Å². The van der Waals surface area contributed by atoms with E-state index in [-0.39, 0.29) is 5.04 Å². The van der Waals surface area contributed by atoms with E-state index in [0.717, 1.165) is 0 Å². The standard InChI is InChI=1S/C24H40N2Si2/c1-18(2)28(19(3)4,20(5)6)22-17-25-23(27(10,11)24(7,8)9)26(22)21-15-13-12-14-16-21/h12-17,19-20H,1H2,2-11H3. The molecule has 0 aliphatic carbocycles. The second kappa shape index (κ2) is 7.79. The van der Waals surface area contributed by atoms with Gasteiger partial charge in [0.2, 0.25) is 0 Å². The van der Waals surface area contributed by atoms with Gasteiger partial charge in [-0.25, -0.2) is 4.98 Å². The highest BCUT2D eigenvalue weighted by atomic mass is 28.3. The van der Waals surface area contributed by atoms with E-state index in [1.807, 2.05) is 0 Å². The zero-order chi connectivity index (χ0) is 21.5. The molecule has 0 bridgehead atoms. The third-order valence-electron chi connectivity index (χ3n) is 7.16. The number of rotatable bonds is 6. The molecule has 0 aliphatic rings. The molecule has 154 valence electrons. The fraction of sp³-hybridized carbons (Fsp3) is 0.542. The fourth-order valence-corrected chi connectivity index (χ4v) is 12.5. The van der Waals surface area contributed by atoms with Gasteiger partial charge in [0.05, 0.1) is 5.45 Å². The summed E-state index contributed by atoms with van der Waals surface area (Å²) in [5.74, 6) is 0. The second-order valence-electron chi connectivity index (χ2n) is 10.5. The molecule has 0 amide bonds. The number of imidazole rings is 1. The summed E-state index contributed by atoms with van der Waals surface area (Å²) < 4.78 is 2.54. The van der Waals surface area contributed by atoms with Crippen molar-refractivity contribution in [3.8, 4) is 5.69 Å². The fourth-order valence-electron chi connectivity index (χ4n) is 4.72. The highest BCUT2D eigenvalue weighted by molar-refractivity contribution is 6.99. The first kappa shape index (κ1) is 22.9. The highest BCUT2D eigenvalue weighted by Gasteiger charge is 2.48. The third kappa shape index (κ3) is 3.50. The van der Waals surface area contributed by atoms with Crippen LogP contribution in [0, 0.1) is 0 Å². The molecule has 4 heteroatoms. The van der Waals surface area contributed by atoms with Crippen molar-refractivity contribution in [3.63, 3.8) is 0 Å². The van der Waals surface area contributed by atoms with Crippen molar-refractivity contribution in [3.05, 3.63) is 48.3 Å². The number of hydrogen-bond donors (Lipinski definition) is 0. The Morgan fingerprint density at radius 2 is 1.50 bits per heavy atom. The number of hydrogen-bond acceptors (Lipinski definition) is 1. The van der Waals surface area contributed by atoms with E-state index < -0.39 is 16.1 Å². The zero-order valence-corrected chi connectivity index (χ0v) is 21.7. The van der Waals surface area contributed by atoms with Gasteiger partial charge in [-0.2, -0.15) is 0 Å². The van der Waals surface area contributed by atoms with Gasteiger partial charge in [-0.05, 0) is 35.2 Å². The van der Waals surface area contributed by atoms with Crippen LogP contribution in [0.3, 0.4) is 0 Å². The number of para-hydroxylation sites is 1. The average Bonchev–Trinajstić information content (AvgIpc) is 2.99. The molecule has 0 saturated carbocycles. The van der Waals surface area contributed by atoms with Crippen LogP contribution in [0.4, 0.5) is 0 Å². The first-order valence-corrected chi connectivity index (χ1v) is 15.7. The van der Waals surface area contributed by atoms with Gasteiger partial charge in [0, 0.05) is 17.2 Å². The van der Waals surface area contributed by atoms with Crippen LogP contribution in [-0.2, 0) is 0 Å². The molecule has 0 atom stereocenters. The molecule has 1 aromatic heterocycles. The van der Waals surface area contributed by atoms with Crippen molar-refractivity contribution in [1.82, 2.24) is 9.55 Å². The van der Waals surface area contributed by atoms with Gasteiger partial charge in [-0.3, -0.25) is 0 Å². The van der Waals surface area contributed by atoms with Crippen LogP contribution in [0.25, 0.3) is 5.69 Å². The lowest BCUT2D eigenvalue weighted by molar-refractivity contribution is 0.725. The lowest BCUT2D eigenvalue weighted by Crippen LogP contribution is -2.61. The Morgan fingerprint density at radius 3 is 1.89 bits per heavy atom. The van der Waals surface area contributed by atoms with Gasteiger partial charge in [0.25, 0.3) is 0 Å². The van der Waals surface area contributed by atoms with Crippen molar-refractivity contribution < 1.29 is 0 Å². The Hall–Kier alpha value is -1.40. The number of nitrogens with zero attached hydrogens (tertiary/aromatic N) is 2. The third-order valence-corrected chi connectivity index (χ3v) is 18.6. The minimum Gasteiger partial charge on any atom is -0.309 e. The summed E-state index contributed by atoms with van der Waals surface area (Å²) in [6.07, 6.45) is 2.21. The molecule has 0 saturated heterocycles. The molecule has 1 aromatic carbocycles. The van der Waals surface area contributed by atoms with E-state index in [2.05, 4.69) is 116 Å². The number of allylic oxidation sites excluding steroid dienone is 1. The number of benzene rings is 1. The minimum atomic E-state index is -2.02. The van der Waals surface area contributed by atoms with E-state index in [1.165, 1.54) is 21.6 Å². The van der Waals surface area contributed by atoms with Gasteiger partial charge in [0.15, 0.2) is 0 Å². The van der Waals surface area contributed by atoms with E-state index in [1.54, 1.807) is 0 Å². The summed E-state index contributed by atoms with van der Waals surface area (Å²) in [6, 6.07) is 10.9. The predicted octanol–water partition coefficient (Wildman–Crippen LogP) is 6.18. The largest absolute Gasteiger partial charge is 0.309 e. The normalized spacial score (nSPS) is 13.4. The van der Waals surface area contributed by atoms with Crippen molar-refractivity contribution >= 4 is 26.9 Å². The summed E-state index contributed by atoms with van der Waals surface area (Å²) in [6.45, 7) is 28.4. The Labute approximate surface area is 175 Å². The van der Waals surface area contributed by atoms with Crippen LogP contribution < -0.4 is 10.8 Å². The molecule has 0 N–H and O–H groups in total. The van der Waals surface area contributed by atoms with Crippen LogP contribution in [-0.4, -0.2) is 25.7 Å². The molecular weight excluding hydrogens is 372 g/mol. The summed E-state index contributed by atoms with van der Waals surface area (Å²) in [5.41, 5.74) is 3.67. The topological polar surface area (TPSA) is 17.8 Å². The summed E-state index contributed by atoms with van der Waals surface area (Å²) in [4.78, 5) is 5.16. The molecule has 28 heavy (non-hydrogen) atoms. The van der Waals surface area contributed by atoms with Crippen molar-refractivity contribution in [2.24, 2.45) is 0 Å². The monoisotopic (exact) mass is 412 g/mol. The molecule has 2 nitrogen and oxygen atoms in total. The quantitative estimate of drug-likeness (QED) is 0.518. The molecule has 0 spiro atoms. The van der Waals surface area contributed by atoms with Crippen LogP contribution in [0.1, 0.15) is 55.4 Å². The smallest absolute Gasteiger partial charge is 0.141 e. The number of aromatic nitrogens is 2. The zero-order valence-electron chi connectivity index (χ0n) is 19.7. The highest BCUT2D eigenvalue weighted by Crippen LogP contribution is 2.39. The molecule has 0 radical (unpaired) electrons. The van der Waals surface area contributed by atoms with Crippen molar-refractivity contribution in [2.75, 3.05) is 0 Å². The van der Waals surface area contributed by atoms with Gasteiger partial charge < -0.3 is 4.57 Å². The van der Waals surface area contributed by atoms with Crippen LogP contribution in [0.15, 0.2) is 48.3 Å². The molecular formula is C24H40N2Si2. The lowest BCUT2D eigenvalue weighted by Gasteiger charge is -2.42. The molecule has 2 aromatic rings. The summed E-state index contributed by atoms with van der Waals surface area (Å²) in [5, 5.41) is 3.01. The average molecular weight is 413 g/mol. The lowest BCUT2D eigenvalue weighted by atomic mass is 10.2. The van der Waals surface area contributed by atoms with E-state index >= 15 is 0 Å². The summed E-state index contributed by atoms with van der Waals surface area (Å²) >= 11 is 0. The van der Waals surface area contributed by atoms with Crippen LogP contribution >= 0.6 is 0 Å². The van der Waals surface area contributed by atoms with Crippen molar-refractivity contribution in [2.45, 2.75) is 84.6 Å². The Bertz CT molecular complexity index is 816. The first-order valence-electron chi connectivity index (χ1n) is 10.6. The molecule has 0 unspecified atom stereocenters. The van der Waals surface area contributed by atoms with Gasteiger partial charge >= 0.3 is 0 Å². The maximum Gasteiger partial charge on any atom is 0.141 e. The Morgan fingerprint density at radius 1 is 1.00 bits per heavy atom. The summed E-state index contributed by atoms with van der Waals surface area (Å²) in [7, 11) is -3.85.